The highest BCUT2D eigenvalue weighted by Gasteiger charge is 2.30. The van der Waals surface area contributed by atoms with Crippen LogP contribution in [0.5, 0.6) is 0 Å². The summed E-state index contributed by atoms with van der Waals surface area (Å²) in [4.78, 5) is 72.8. The molecule has 0 aliphatic heterocycles. The second kappa shape index (κ2) is 68.3. The van der Waals surface area contributed by atoms with Crippen LogP contribution in [0.3, 0.4) is 0 Å². The maximum atomic E-state index is 13.1. The second-order valence-corrected chi connectivity index (χ2v) is 30.9. The van der Waals surface area contributed by atoms with E-state index in [9.17, 15) is 43.2 Å². The Balaban J connectivity index is 5.28. The summed E-state index contributed by atoms with van der Waals surface area (Å²) in [6.07, 6.45) is 59.0. The third-order valence-electron chi connectivity index (χ3n) is 17.3. The van der Waals surface area contributed by atoms with Crippen LogP contribution < -0.4 is 0 Å². The van der Waals surface area contributed by atoms with E-state index in [1.165, 1.54) is 173 Å². The zero-order chi connectivity index (χ0) is 70.7. The molecule has 0 radical (unpaired) electrons. The molecule has 0 rings (SSSR count). The molecular formula is C77H146O17P2. The molecule has 0 amide bonds. The molecule has 2 unspecified atom stereocenters. The maximum absolute atomic E-state index is 13.1. The molecule has 0 saturated heterocycles. The van der Waals surface area contributed by atoms with E-state index in [0.29, 0.717) is 25.7 Å². The Hall–Kier alpha value is -2.46. The summed E-state index contributed by atoms with van der Waals surface area (Å²) < 4.78 is 68.5. The van der Waals surface area contributed by atoms with Gasteiger partial charge in [-0.25, -0.2) is 9.13 Å². The number of esters is 4. The maximum Gasteiger partial charge on any atom is 0.472 e. The van der Waals surface area contributed by atoms with Gasteiger partial charge in [0.15, 0.2) is 12.2 Å². The van der Waals surface area contributed by atoms with Crippen molar-refractivity contribution in [2.45, 2.75) is 394 Å². The van der Waals surface area contributed by atoms with Crippen molar-refractivity contribution >= 4 is 39.5 Å². The fourth-order valence-electron chi connectivity index (χ4n) is 11.3. The van der Waals surface area contributed by atoms with Gasteiger partial charge in [0.1, 0.15) is 19.3 Å². The van der Waals surface area contributed by atoms with E-state index in [1.54, 1.807) is 0 Å². The van der Waals surface area contributed by atoms with Crippen LogP contribution in [0, 0.1) is 11.8 Å². The summed E-state index contributed by atoms with van der Waals surface area (Å²) in [5.74, 6) is -0.619. The lowest BCUT2D eigenvalue weighted by atomic mass is 10.0. The number of phosphoric acid groups is 2. The average Bonchev–Trinajstić information content (AvgIpc) is 1.18. The highest BCUT2D eigenvalue weighted by molar-refractivity contribution is 7.47. The van der Waals surface area contributed by atoms with Crippen LogP contribution in [-0.4, -0.2) is 96.7 Å². The predicted molar refractivity (Wildman–Crippen MR) is 391 cm³/mol. The van der Waals surface area contributed by atoms with Crippen molar-refractivity contribution in [2.75, 3.05) is 39.6 Å². The number of allylic oxidation sites excluding steroid dienone is 4. The van der Waals surface area contributed by atoms with Crippen molar-refractivity contribution in [3.8, 4) is 0 Å². The smallest absolute Gasteiger partial charge is 0.462 e. The number of hydrogen-bond donors (Lipinski definition) is 3. The second-order valence-electron chi connectivity index (χ2n) is 28.0. The zero-order valence-corrected chi connectivity index (χ0v) is 63.9. The monoisotopic (exact) mass is 1410 g/mol. The Kier molecular flexibility index (Phi) is 66.6. The third kappa shape index (κ3) is 70.0. The van der Waals surface area contributed by atoms with E-state index < -0.39 is 97.5 Å². The molecule has 0 fully saturated rings. The van der Waals surface area contributed by atoms with Crippen LogP contribution in [0.25, 0.3) is 0 Å². The number of unbranched alkanes of at least 4 members (excludes halogenated alkanes) is 41. The van der Waals surface area contributed by atoms with Gasteiger partial charge < -0.3 is 33.8 Å². The molecule has 0 heterocycles. The molecule has 0 aromatic heterocycles. The molecule has 0 aliphatic rings. The lowest BCUT2D eigenvalue weighted by Gasteiger charge is -2.21. The molecule has 0 saturated carbocycles. The molecule has 19 heteroatoms. The first kappa shape index (κ1) is 93.5. The van der Waals surface area contributed by atoms with Gasteiger partial charge in [0, 0.05) is 25.7 Å². The Labute approximate surface area is 586 Å². The molecule has 0 aliphatic carbocycles. The van der Waals surface area contributed by atoms with Crippen molar-refractivity contribution in [1.82, 2.24) is 0 Å². The van der Waals surface area contributed by atoms with E-state index in [0.717, 1.165) is 121 Å². The van der Waals surface area contributed by atoms with Gasteiger partial charge in [-0.2, -0.15) is 0 Å². The Bertz CT molecular complexity index is 1950. The fourth-order valence-corrected chi connectivity index (χ4v) is 12.9. The molecule has 566 valence electrons. The molecule has 17 nitrogen and oxygen atoms in total. The van der Waals surface area contributed by atoms with Gasteiger partial charge in [0.05, 0.1) is 26.4 Å². The minimum absolute atomic E-state index is 0.101. The van der Waals surface area contributed by atoms with Crippen LogP contribution in [0.1, 0.15) is 375 Å². The summed E-state index contributed by atoms with van der Waals surface area (Å²) >= 11 is 0. The van der Waals surface area contributed by atoms with Gasteiger partial charge >= 0.3 is 39.5 Å². The quantitative estimate of drug-likeness (QED) is 0.0169. The standard InChI is InChI=1S/C77H146O17P2/c1-7-9-11-13-15-17-19-21-23-27-31-34-41-47-53-59-74(79)87-65-72(93-77(82)62-56-50-44-36-32-28-25-22-24-26-29-33-39-45-51-57-69(3)4)67-91-95(83,84)89-63-71(78)64-90-96(85,86)92-68-73(66-88-75(80)60-54-48-42-38-37-40-46-52-58-70(5)6)94-76(81)61-55-49-43-35-30-20-18-16-14-12-10-8-2/h17,19,21,23,69-73,78H,7-16,18,20,22,24-68H2,1-6H3,(H,83,84)(H,85,86)/b19-17-,23-21-/t71-,72-,73-/m1/s1. The summed E-state index contributed by atoms with van der Waals surface area (Å²) in [6.45, 7) is 9.52. The van der Waals surface area contributed by atoms with Gasteiger partial charge in [0.2, 0.25) is 0 Å². The molecule has 0 aromatic rings. The highest BCUT2D eigenvalue weighted by Crippen LogP contribution is 2.45. The van der Waals surface area contributed by atoms with Crippen molar-refractivity contribution < 1.29 is 80.2 Å². The lowest BCUT2D eigenvalue weighted by Crippen LogP contribution is -2.30. The summed E-state index contributed by atoms with van der Waals surface area (Å²) in [5.41, 5.74) is 0. The van der Waals surface area contributed by atoms with Crippen LogP contribution in [0.4, 0.5) is 0 Å². The first-order valence-corrected chi connectivity index (χ1v) is 42.3. The van der Waals surface area contributed by atoms with Crippen LogP contribution >= 0.6 is 15.6 Å². The Morgan fingerprint density at radius 2 is 0.562 bits per heavy atom. The Morgan fingerprint density at radius 1 is 0.323 bits per heavy atom. The van der Waals surface area contributed by atoms with Crippen molar-refractivity contribution in [1.29, 1.82) is 0 Å². The molecule has 96 heavy (non-hydrogen) atoms. The summed E-state index contributed by atoms with van der Waals surface area (Å²) in [5, 5.41) is 10.6. The van der Waals surface area contributed by atoms with E-state index in [4.69, 9.17) is 37.0 Å². The highest BCUT2D eigenvalue weighted by atomic mass is 31.2. The number of rotatable bonds is 74. The minimum atomic E-state index is -4.97. The van der Waals surface area contributed by atoms with Crippen LogP contribution in [0.15, 0.2) is 24.3 Å². The van der Waals surface area contributed by atoms with Crippen molar-refractivity contribution in [3.05, 3.63) is 24.3 Å². The SMILES string of the molecule is CCCCCC/C=C\C=C/CCCCCCCC(=O)OC[C@H](COP(=O)(O)OC[C@@H](O)COP(=O)(O)OC[C@@H](COC(=O)CCCCCCCCCCC(C)C)OC(=O)CCCCCCCCCCCCCC)OC(=O)CCCCCCCCCCCCCCCCCC(C)C. The normalized spacial score (nSPS) is 14.2. The predicted octanol–water partition coefficient (Wildman–Crippen LogP) is 22.3. The molecule has 0 bridgehead atoms. The van der Waals surface area contributed by atoms with E-state index in [-0.39, 0.29) is 25.7 Å². The topological polar surface area (TPSA) is 237 Å². The number of hydrogen-bond acceptors (Lipinski definition) is 15. The van der Waals surface area contributed by atoms with Gasteiger partial charge in [-0.15, -0.1) is 0 Å². The van der Waals surface area contributed by atoms with Gasteiger partial charge in [-0.1, -0.05) is 323 Å². The summed E-state index contributed by atoms with van der Waals surface area (Å²) in [7, 11) is -9.92. The van der Waals surface area contributed by atoms with E-state index >= 15 is 0 Å². The number of phosphoric ester groups is 2. The largest absolute Gasteiger partial charge is 0.472 e. The lowest BCUT2D eigenvalue weighted by molar-refractivity contribution is -0.161. The van der Waals surface area contributed by atoms with Crippen LogP contribution in [-0.2, 0) is 65.4 Å². The molecule has 0 spiro atoms. The van der Waals surface area contributed by atoms with Gasteiger partial charge in [-0.3, -0.25) is 37.3 Å². The van der Waals surface area contributed by atoms with E-state index in [1.807, 2.05) is 0 Å². The average molecular weight is 1410 g/mol. The van der Waals surface area contributed by atoms with Crippen molar-refractivity contribution in [2.24, 2.45) is 11.8 Å². The van der Waals surface area contributed by atoms with Gasteiger partial charge in [0.25, 0.3) is 0 Å². The van der Waals surface area contributed by atoms with Crippen LogP contribution in [0.2, 0.25) is 0 Å². The van der Waals surface area contributed by atoms with E-state index in [2.05, 4.69) is 65.8 Å². The summed E-state index contributed by atoms with van der Waals surface area (Å²) in [6, 6.07) is 0. The molecular weight excluding hydrogens is 1260 g/mol. The third-order valence-corrected chi connectivity index (χ3v) is 19.2. The number of carbonyl (C=O) groups excluding carboxylic acids is 4. The first-order chi connectivity index (χ1) is 46.4. The van der Waals surface area contributed by atoms with Crippen molar-refractivity contribution in [3.63, 3.8) is 0 Å². The number of aliphatic hydroxyl groups excluding tert-OH is 1. The van der Waals surface area contributed by atoms with Gasteiger partial charge in [-0.05, 0) is 63.2 Å². The molecule has 0 aromatic carbocycles. The Morgan fingerprint density at radius 3 is 0.854 bits per heavy atom. The molecule has 3 N–H and O–H groups in total. The molecule has 5 atom stereocenters. The number of carbonyl (C=O) groups is 4. The minimum Gasteiger partial charge on any atom is -0.462 e. The zero-order valence-electron chi connectivity index (χ0n) is 62.2. The first-order valence-electron chi connectivity index (χ1n) is 39.3. The number of aliphatic hydroxyl groups is 1. The number of ether oxygens (including phenoxy) is 4. The fraction of sp³-hybridized carbons (Fsp3) is 0.896.